The number of halogens is 1. The summed E-state index contributed by atoms with van der Waals surface area (Å²) in [6.07, 6.45) is 3.90. The van der Waals surface area contributed by atoms with Gasteiger partial charge in [0.05, 0.1) is 0 Å². The lowest BCUT2D eigenvalue weighted by molar-refractivity contribution is -0.161. The summed E-state index contributed by atoms with van der Waals surface area (Å²) < 4.78 is 13.4. The van der Waals surface area contributed by atoms with Crippen LogP contribution in [-0.4, -0.2) is 47.0 Å². The van der Waals surface area contributed by atoms with E-state index in [9.17, 15) is 14.3 Å². The van der Waals surface area contributed by atoms with E-state index >= 15 is 0 Å². The molecule has 29 heavy (non-hydrogen) atoms. The van der Waals surface area contributed by atoms with E-state index in [-0.39, 0.29) is 17.6 Å². The molecule has 0 aromatic heterocycles. The summed E-state index contributed by atoms with van der Waals surface area (Å²) in [6.45, 7) is 3.27. The predicted octanol–water partition coefficient (Wildman–Crippen LogP) is 3.55. The van der Waals surface area contributed by atoms with Gasteiger partial charge in [-0.1, -0.05) is 55.3 Å². The monoisotopic (exact) mass is 396 g/mol. The molecule has 4 rings (SSSR count). The maximum Gasteiger partial charge on any atom is 0.259 e. The molecule has 1 atom stereocenters. The normalized spacial score (nSPS) is 20.6. The Bertz CT molecular complexity index is 830. The van der Waals surface area contributed by atoms with Gasteiger partial charge in [-0.2, -0.15) is 0 Å². The molecular formula is C24H29FN2O2. The number of nitrogens with zero attached hydrogens (tertiary/aromatic N) is 2. The van der Waals surface area contributed by atoms with Gasteiger partial charge in [0.25, 0.3) is 5.91 Å². The SMILES string of the molecule is O=C(N1CCN(Cc2cccc(F)c2)CC1)[C@](O)(c1ccccc1)C1CCCC1. The number of benzene rings is 2. The number of hydrogen-bond donors (Lipinski definition) is 1. The maximum absolute atomic E-state index is 13.5. The minimum absolute atomic E-state index is 0.0253. The van der Waals surface area contributed by atoms with E-state index < -0.39 is 5.60 Å². The van der Waals surface area contributed by atoms with Crippen molar-refractivity contribution in [3.63, 3.8) is 0 Å². The molecular weight excluding hydrogens is 367 g/mol. The smallest absolute Gasteiger partial charge is 0.259 e. The molecule has 1 saturated carbocycles. The Morgan fingerprint density at radius 3 is 2.34 bits per heavy atom. The molecule has 2 aromatic rings. The van der Waals surface area contributed by atoms with Crippen LogP contribution in [0.1, 0.15) is 36.8 Å². The number of carbonyl (C=O) groups is 1. The second-order valence-corrected chi connectivity index (χ2v) is 8.31. The number of carbonyl (C=O) groups excluding carboxylic acids is 1. The van der Waals surface area contributed by atoms with Crippen molar-refractivity contribution in [1.29, 1.82) is 0 Å². The molecule has 5 heteroatoms. The van der Waals surface area contributed by atoms with Gasteiger partial charge in [-0.3, -0.25) is 9.69 Å². The van der Waals surface area contributed by atoms with Crippen LogP contribution in [0.25, 0.3) is 0 Å². The third-order valence-electron chi connectivity index (χ3n) is 6.44. The van der Waals surface area contributed by atoms with E-state index in [1.54, 1.807) is 12.1 Å². The van der Waals surface area contributed by atoms with Crippen LogP contribution in [0.2, 0.25) is 0 Å². The van der Waals surface area contributed by atoms with Gasteiger partial charge in [0.2, 0.25) is 0 Å². The van der Waals surface area contributed by atoms with Crippen molar-refractivity contribution >= 4 is 5.91 Å². The fourth-order valence-electron chi connectivity index (χ4n) is 4.81. The summed E-state index contributed by atoms with van der Waals surface area (Å²) >= 11 is 0. The summed E-state index contributed by atoms with van der Waals surface area (Å²) in [5.74, 6) is -0.412. The maximum atomic E-state index is 13.5. The van der Waals surface area contributed by atoms with Crippen molar-refractivity contribution in [1.82, 2.24) is 9.80 Å². The van der Waals surface area contributed by atoms with Crippen LogP contribution in [0.4, 0.5) is 4.39 Å². The Labute approximate surface area is 171 Å². The highest BCUT2D eigenvalue weighted by Crippen LogP contribution is 2.42. The number of piperazine rings is 1. The number of rotatable bonds is 5. The minimum atomic E-state index is -1.44. The fourth-order valence-corrected chi connectivity index (χ4v) is 4.81. The first-order valence-electron chi connectivity index (χ1n) is 10.6. The molecule has 1 saturated heterocycles. The summed E-state index contributed by atoms with van der Waals surface area (Å²) in [4.78, 5) is 17.6. The fraction of sp³-hybridized carbons (Fsp3) is 0.458. The van der Waals surface area contributed by atoms with Crippen LogP contribution < -0.4 is 0 Å². The molecule has 1 N–H and O–H groups in total. The van der Waals surface area contributed by atoms with Crippen LogP contribution in [0, 0.1) is 11.7 Å². The van der Waals surface area contributed by atoms with Crippen molar-refractivity contribution in [2.45, 2.75) is 37.8 Å². The quantitative estimate of drug-likeness (QED) is 0.841. The topological polar surface area (TPSA) is 43.8 Å². The molecule has 1 amide bonds. The molecule has 1 aliphatic carbocycles. The summed E-state index contributed by atoms with van der Waals surface area (Å²) in [5.41, 5.74) is 0.207. The van der Waals surface area contributed by atoms with Crippen LogP contribution >= 0.6 is 0 Å². The van der Waals surface area contributed by atoms with E-state index in [0.29, 0.717) is 25.2 Å². The molecule has 2 aliphatic rings. The lowest BCUT2D eigenvalue weighted by atomic mass is 9.79. The molecule has 2 fully saturated rings. The van der Waals surface area contributed by atoms with Gasteiger partial charge >= 0.3 is 0 Å². The third-order valence-corrected chi connectivity index (χ3v) is 6.44. The van der Waals surface area contributed by atoms with E-state index in [1.165, 1.54) is 6.07 Å². The van der Waals surface area contributed by atoms with Gasteiger partial charge in [-0.05, 0) is 36.1 Å². The number of amides is 1. The van der Waals surface area contributed by atoms with E-state index in [1.807, 2.05) is 41.3 Å². The Morgan fingerprint density at radius 2 is 1.69 bits per heavy atom. The Hall–Kier alpha value is -2.24. The number of aliphatic hydroxyl groups is 1. The first-order valence-corrected chi connectivity index (χ1v) is 10.6. The molecule has 1 heterocycles. The highest BCUT2D eigenvalue weighted by atomic mass is 19.1. The summed E-state index contributed by atoms with van der Waals surface area (Å²) in [5, 5.41) is 11.7. The molecule has 1 aliphatic heterocycles. The van der Waals surface area contributed by atoms with Gasteiger partial charge in [0.15, 0.2) is 5.60 Å². The van der Waals surface area contributed by atoms with Crippen molar-refractivity contribution in [3.05, 3.63) is 71.5 Å². The average molecular weight is 397 g/mol. The standard InChI is InChI=1S/C24H29FN2O2/c25-22-12-6-7-19(17-22)18-26-13-15-27(16-14-26)23(28)24(29,21-10-4-5-11-21)20-8-2-1-3-9-20/h1-3,6-9,12,17,21,29H,4-5,10-11,13-16,18H2/t24-/m0/s1. The molecule has 154 valence electrons. The third kappa shape index (κ3) is 4.21. The molecule has 0 spiro atoms. The molecule has 0 unspecified atom stereocenters. The first-order chi connectivity index (χ1) is 14.1. The Balaban J connectivity index is 1.45. The van der Waals surface area contributed by atoms with Crippen molar-refractivity contribution in [2.24, 2.45) is 5.92 Å². The molecule has 0 radical (unpaired) electrons. The Morgan fingerprint density at radius 1 is 1.00 bits per heavy atom. The van der Waals surface area contributed by atoms with E-state index in [0.717, 1.165) is 44.3 Å². The lowest BCUT2D eigenvalue weighted by Crippen LogP contribution is -2.56. The zero-order valence-electron chi connectivity index (χ0n) is 16.8. The van der Waals surface area contributed by atoms with Crippen LogP contribution in [0.3, 0.4) is 0 Å². The molecule has 0 bridgehead atoms. The van der Waals surface area contributed by atoms with Crippen LogP contribution in [-0.2, 0) is 16.9 Å². The van der Waals surface area contributed by atoms with Crippen LogP contribution in [0.5, 0.6) is 0 Å². The highest BCUT2D eigenvalue weighted by molar-refractivity contribution is 5.87. The average Bonchev–Trinajstić information content (AvgIpc) is 3.29. The van der Waals surface area contributed by atoms with Crippen molar-refractivity contribution in [3.8, 4) is 0 Å². The van der Waals surface area contributed by atoms with Crippen LogP contribution in [0.15, 0.2) is 54.6 Å². The van der Waals surface area contributed by atoms with Crippen molar-refractivity contribution in [2.75, 3.05) is 26.2 Å². The van der Waals surface area contributed by atoms with Gasteiger partial charge in [0.1, 0.15) is 5.82 Å². The van der Waals surface area contributed by atoms with Gasteiger partial charge < -0.3 is 10.0 Å². The second kappa shape index (κ2) is 8.64. The van der Waals surface area contributed by atoms with E-state index in [4.69, 9.17) is 0 Å². The van der Waals surface area contributed by atoms with Crippen molar-refractivity contribution < 1.29 is 14.3 Å². The summed E-state index contributed by atoms with van der Waals surface area (Å²) in [7, 11) is 0. The van der Waals surface area contributed by atoms with Gasteiger partial charge in [0, 0.05) is 38.6 Å². The first kappa shape index (κ1) is 20.0. The van der Waals surface area contributed by atoms with Gasteiger partial charge in [-0.25, -0.2) is 4.39 Å². The second-order valence-electron chi connectivity index (χ2n) is 8.31. The van der Waals surface area contributed by atoms with Gasteiger partial charge in [-0.15, -0.1) is 0 Å². The minimum Gasteiger partial charge on any atom is -0.375 e. The zero-order valence-corrected chi connectivity index (χ0v) is 16.8. The summed E-state index contributed by atoms with van der Waals surface area (Å²) in [6, 6.07) is 16.1. The zero-order chi connectivity index (χ0) is 20.3. The lowest BCUT2D eigenvalue weighted by Gasteiger charge is -2.41. The molecule has 4 nitrogen and oxygen atoms in total. The largest absolute Gasteiger partial charge is 0.375 e. The number of hydrogen-bond acceptors (Lipinski definition) is 3. The molecule has 2 aromatic carbocycles. The predicted molar refractivity (Wildman–Crippen MR) is 111 cm³/mol. The van der Waals surface area contributed by atoms with E-state index in [2.05, 4.69) is 4.90 Å². The highest BCUT2D eigenvalue weighted by Gasteiger charge is 2.48. The Kier molecular flexibility index (Phi) is 5.97.